The van der Waals surface area contributed by atoms with Crippen LogP contribution in [0.15, 0.2) is 25.3 Å². The lowest BCUT2D eigenvalue weighted by Crippen LogP contribution is -2.36. The second-order valence-electron chi connectivity index (χ2n) is 4.03. The van der Waals surface area contributed by atoms with E-state index in [0.717, 1.165) is 0 Å². The Bertz CT molecular complexity index is 169. The van der Waals surface area contributed by atoms with Crippen molar-refractivity contribution in [2.75, 3.05) is 0 Å². The molecule has 0 bridgehead atoms. The molecule has 0 aliphatic carbocycles. The third kappa shape index (κ3) is 3.28. The van der Waals surface area contributed by atoms with Crippen molar-refractivity contribution >= 4 is 0 Å². The second kappa shape index (κ2) is 5.99. The van der Waals surface area contributed by atoms with Crippen molar-refractivity contribution in [2.24, 2.45) is 17.8 Å². The summed E-state index contributed by atoms with van der Waals surface area (Å²) in [4.78, 5) is 0. The first kappa shape index (κ1) is 13.4. The maximum absolute atomic E-state index is 9.84. The lowest BCUT2D eigenvalue weighted by Gasteiger charge is -2.29. The normalized spacial score (nSPS) is 21.8. The van der Waals surface area contributed by atoms with E-state index in [1.807, 2.05) is 20.8 Å². The van der Waals surface area contributed by atoms with Gasteiger partial charge in [-0.15, -0.1) is 13.2 Å². The topological polar surface area (TPSA) is 40.5 Å². The first-order chi connectivity index (χ1) is 6.45. The van der Waals surface area contributed by atoms with Crippen LogP contribution in [0, 0.1) is 17.8 Å². The molecule has 0 spiro atoms. The Labute approximate surface area is 87.0 Å². The van der Waals surface area contributed by atoms with Gasteiger partial charge in [0.1, 0.15) is 0 Å². The molecule has 0 rings (SSSR count). The van der Waals surface area contributed by atoms with Crippen LogP contribution in [0.1, 0.15) is 20.8 Å². The molecular formula is C12H22O2. The Hall–Kier alpha value is -0.600. The Balaban J connectivity index is 4.36. The first-order valence-corrected chi connectivity index (χ1v) is 5.06. The first-order valence-electron chi connectivity index (χ1n) is 5.06. The molecule has 2 nitrogen and oxygen atoms in total. The molecule has 0 aliphatic rings. The van der Waals surface area contributed by atoms with Crippen LogP contribution < -0.4 is 0 Å². The fraction of sp³-hybridized carbons (Fsp3) is 0.667. The van der Waals surface area contributed by atoms with Crippen LogP contribution in [-0.4, -0.2) is 22.4 Å². The molecular weight excluding hydrogens is 176 g/mol. The Morgan fingerprint density at radius 1 is 0.857 bits per heavy atom. The van der Waals surface area contributed by atoms with E-state index in [-0.39, 0.29) is 17.8 Å². The Morgan fingerprint density at radius 3 is 1.36 bits per heavy atom. The van der Waals surface area contributed by atoms with Crippen molar-refractivity contribution in [2.45, 2.75) is 33.0 Å². The van der Waals surface area contributed by atoms with Gasteiger partial charge in [0.05, 0.1) is 12.2 Å². The molecule has 14 heavy (non-hydrogen) atoms. The number of hydrogen-bond acceptors (Lipinski definition) is 2. The predicted octanol–water partition coefficient (Wildman–Crippen LogP) is 1.99. The third-order valence-electron chi connectivity index (χ3n) is 2.90. The molecule has 0 saturated carbocycles. The summed E-state index contributed by atoms with van der Waals surface area (Å²) in [6.45, 7) is 12.9. The van der Waals surface area contributed by atoms with Crippen LogP contribution in [0.2, 0.25) is 0 Å². The van der Waals surface area contributed by atoms with Crippen molar-refractivity contribution in [3.05, 3.63) is 25.3 Å². The van der Waals surface area contributed by atoms with Gasteiger partial charge in [0, 0.05) is 17.8 Å². The van der Waals surface area contributed by atoms with Crippen LogP contribution in [0.3, 0.4) is 0 Å². The standard InChI is InChI=1S/C12H22O2/c1-6-8(3)11(13)10(5)12(14)9(4)7-2/h6-14H,1-2H2,3-5H3/t8-,9+,10?,11-,12-/m1/s1. The molecule has 0 fully saturated rings. The SMILES string of the molecule is C=C[C@@H](C)[C@@H](O)C(C)[C@H](O)[C@@H](C)C=C. The summed E-state index contributed by atoms with van der Waals surface area (Å²) < 4.78 is 0. The molecule has 0 radical (unpaired) electrons. The van der Waals surface area contributed by atoms with E-state index in [1.54, 1.807) is 12.2 Å². The van der Waals surface area contributed by atoms with Gasteiger partial charge in [-0.2, -0.15) is 0 Å². The molecule has 0 heterocycles. The summed E-state index contributed by atoms with van der Waals surface area (Å²) in [5.74, 6) is -0.177. The van der Waals surface area contributed by atoms with Crippen molar-refractivity contribution < 1.29 is 10.2 Å². The van der Waals surface area contributed by atoms with Crippen LogP contribution in [0.5, 0.6) is 0 Å². The average molecular weight is 198 g/mol. The van der Waals surface area contributed by atoms with Gasteiger partial charge in [0.2, 0.25) is 0 Å². The fourth-order valence-corrected chi connectivity index (χ4v) is 1.44. The highest BCUT2D eigenvalue weighted by molar-refractivity contribution is 4.90. The molecule has 1 unspecified atom stereocenters. The van der Waals surface area contributed by atoms with Crippen molar-refractivity contribution in [1.29, 1.82) is 0 Å². The van der Waals surface area contributed by atoms with Gasteiger partial charge in [-0.1, -0.05) is 32.9 Å². The number of aliphatic hydroxyl groups excluding tert-OH is 2. The molecule has 2 N–H and O–H groups in total. The van der Waals surface area contributed by atoms with Crippen molar-refractivity contribution in [3.63, 3.8) is 0 Å². The minimum atomic E-state index is -0.551. The molecule has 2 heteroatoms. The van der Waals surface area contributed by atoms with Gasteiger partial charge >= 0.3 is 0 Å². The maximum atomic E-state index is 9.84. The zero-order chi connectivity index (χ0) is 11.3. The summed E-state index contributed by atoms with van der Waals surface area (Å²) in [6.07, 6.45) is 2.30. The molecule has 0 saturated heterocycles. The maximum Gasteiger partial charge on any atom is 0.0650 e. The molecule has 0 aromatic carbocycles. The van der Waals surface area contributed by atoms with Crippen molar-refractivity contribution in [1.82, 2.24) is 0 Å². The predicted molar refractivity (Wildman–Crippen MR) is 59.9 cm³/mol. The monoisotopic (exact) mass is 198 g/mol. The number of hydrogen-bond donors (Lipinski definition) is 2. The quantitative estimate of drug-likeness (QED) is 0.641. The summed E-state index contributed by atoms with van der Waals surface area (Å²) >= 11 is 0. The molecule has 0 aromatic heterocycles. The van der Waals surface area contributed by atoms with Crippen LogP contribution in [0.25, 0.3) is 0 Å². The molecule has 0 aromatic rings. The van der Waals surface area contributed by atoms with E-state index in [0.29, 0.717) is 0 Å². The highest BCUT2D eigenvalue weighted by Crippen LogP contribution is 2.22. The molecule has 5 atom stereocenters. The Kier molecular flexibility index (Phi) is 5.73. The van der Waals surface area contributed by atoms with E-state index in [9.17, 15) is 10.2 Å². The largest absolute Gasteiger partial charge is 0.392 e. The second-order valence-corrected chi connectivity index (χ2v) is 4.03. The van der Waals surface area contributed by atoms with Crippen molar-refractivity contribution in [3.8, 4) is 0 Å². The summed E-state index contributed by atoms with van der Waals surface area (Å²) in [5.41, 5.74) is 0. The van der Waals surface area contributed by atoms with Gasteiger partial charge in [-0.25, -0.2) is 0 Å². The third-order valence-corrected chi connectivity index (χ3v) is 2.90. The van der Waals surface area contributed by atoms with E-state index in [2.05, 4.69) is 13.2 Å². The summed E-state index contributed by atoms with van der Waals surface area (Å²) in [5, 5.41) is 19.7. The van der Waals surface area contributed by atoms with Crippen LogP contribution >= 0.6 is 0 Å². The minimum Gasteiger partial charge on any atom is -0.392 e. The zero-order valence-electron chi connectivity index (χ0n) is 9.35. The molecule has 82 valence electrons. The summed E-state index contributed by atoms with van der Waals surface area (Å²) in [6, 6.07) is 0. The number of rotatable bonds is 6. The van der Waals surface area contributed by atoms with Crippen LogP contribution in [-0.2, 0) is 0 Å². The Morgan fingerprint density at radius 2 is 1.14 bits per heavy atom. The van der Waals surface area contributed by atoms with E-state index < -0.39 is 12.2 Å². The van der Waals surface area contributed by atoms with E-state index in [1.165, 1.54) is 0 Å². The van der Waals surface area contributed by atoms with Gasteiger partial charge in [0.15, 0.2) is 0 Å². The smallest absolute Gasteiger partial charge is 0.0650 e. The highest BCUT2D eigenvalue weighted by atomic mass is 16.3. The van der Waals surface area contributed by atoms with Gasteiger partial charge in [-0.3, -0.25) is 0 Å². The van der Waals surface area contributed by atoms with Crippen LogP contribution in [0.4, 0.5) is 0 Å². The molecule has 0 amide bonds. The fourth-order valence-electron chi connectivity index (χ4n) is 1.44. The van der Waals surface area contributed by atoms with Gasteiger partial charge < -0.3 is 10.2 Å². The minimum absolute atomic E-state index is 0.00309. The highest BCUT2D eigenvalue weighted by Gasteiger charge is 2.27. The average Bonchev–Trinajstić information content (AvgIpc) is 2.23. The number of aliphatic hydroxyl groups is 2. The lowest BCUT2D eigenvalue weighted by atomic mass is 9.84. The van der Waals surface area contributed by atoms with E-state index >= 15 is 0 Å². The lowest BCUT2D eigenvalue weighted by molar-refractivity contribution is -0.0112. The van der Waals surface area contributed by atoms with E-state index in [4.69, 9.17) is 0 Å². The zero-order valence-corrected chi connectivity index (χ0v) is 9.35. The summed E-state index contributed by atoms with van der Waals surface area (Å²) in [7, 11) is 0. The molecule has 0 aliphatic heterocycles. The van der Waals surface area contributed by atoms with Gasteiger partial charge in [0.25, 0.3) is 0 Å². The van der Waals surface area contributed by atoms with Gasteiger partial charge in [-0.05, 0) is 0 Å².